The van der Waals surface area contributed by atoms with Crippen molar-refractivity contribution in [3.8, 4) is 17.2 Å². The van der Waals surface area contributed by atoms with Crippen LogP contribution in [0.2, 0.25) is 0 Å². The summed E-state index contributed by atoms with van der Waals surface area (Å²) >= 11 is 0. The molecule has 0 unspecified atom stereocenters. The fourth-order valence-electron chi connectivity index (χ4n) is 3.76. The lowest BCUT2D eigenvalue weighted by Gasteiger charge is -2.28. The summed E-state index contributed by atoms with van der Waals surface area (Å²) in [6, 6.07) is 8.94. The fourth-order valence-corrected chi connectivity index (χ4v) is 3.76. The van der Waals surface area contributed by atoms with Gasteiger partial charge in [-0.2, -0.15) is 0 Å². The van der Waals surface area contributed by atoms with E-state index >= 15 is 0 Å². The first-order valence-electron chi connectivity index (χ1n) is 11.3. The van der Waals surface area contributed by atoms with E-state index in [9.17, 15) is 9.59 Å². The Morgan fingerprint density at radius 2 is 1.62 bits per heavy atom. The lowest BCUT2D eigenvalue weighted by atomic mass is 10.1. The smallest absolute Gasteiger partial charge is 0.255 e. The van der Waals surface area contributed by atoms with Gasteiger partial charge in [0.1, 0.15) is 0 Å². The number of benzene rings is 2. The van der Waals surface area contributed by atoms with Crippen LogP contribution in [0.15, 0.2) is 30.3 Å². The molecule has 0 radical (unpaired) electrons. The van der Waals surface area contributed by atoms with E-state index in [0.717, 1.165) is 24.1 Å². The van der Waals surface area contributed by atoms with E-state index in [0.29, 0.717) is 61.3 Å². The molecule has 0 spiro atoms. The summed E-state index contributed by atoms with van der Waals surface area (Å²) < 4.78 is 17.1. The van der Waals surface area contributed by atoms with Crippen LogP contribution >= 0.6 is 0 Å². The largest absolute Gasteiger partial charge is 0.490 e. The number of nitrogens with one attached hydrogen (secondary N) is 1. The van der Waals surface area contributed by atoms with E-state index in [2.05, 4.69) is 5.32 Å². The van der Waals surface area contributed by atoms with Crippen molar-refractivity contribution in [2.45, 2.75) is 47.0 Å². The molecule has 0 aliphatic carbocycles. The third kappa shape index (κ3) is 5.33. The molecule has 172 valence electrons. The molecule has 32 heavy (non-hydrogen) atoms. The van der Waals surface area contributed by atoms with Crippen LogP contribution in [0.5, 0.6) is 17.2 Å². The summed E-state index contributed by atoms with van der Waals surface area (Å²) in [5.74, 6) is 1.25. The maximum absolute atomic E-state index is 13.1. The average molecular weight is 441 g/mol. The lowest BCUT2D eigenvalue weighted by molar-refractivity contribution is -0.119. The van der Waals surface area contributed by atoms with E-state index < -0.39 is 0 Å². The van der Waals surface area contributed by atoms with Gasteiger partial charge in [-0.15, -0.1) is 0 Å². The van der Waals surface area contributed by atoms with Gasteiger partial charge in [-0.3, -0.25) is 9.59 Å². The van der Waals surface area contributed by atoms with E-state index in [1.54, 1.807) is 12.1 Å². The number of ether oxygens (including phenoxy) is 3. The van der Waals surface area contributed by atoms with Crippen LogP contribution < -0.4 is 24.4 Å². The lowest BCUT2D eigenvalue weighted by Crippen LogP contribution is -2.35. The van der Waals surface area contributed by atoms with Gasteiger partial charge in [0, 0.05) is 29.9 Å². The van der Waals surface area contributed by atoms with Crippen molar-refractivity contribution < 1.29 is 23.8 Å². The number of carbonyl (C=O) groups is 2. The quantitative estimate of drug-likeness (QED) is 0.596. The van der Waals surface area contributed by atoms with Crippen LogP contribution in [-0.2, 0) is 4.79 Å². The number of nitrogens with zero attached hydrogens (tertiary/aromatic N) is 1. The highest BCUT2D eigenvalue weighted by Crippen LogP contribution is 2.39. The number of carbonyl (C=O) groups excluding carboxylic acids is 2. The number of aryl methyl sites for hydroxylation is 1. The third-order valence-electron chi connectivity index (χ3n) is 5.25. The molecular weight excluding hydrogens is 408 g/mol. The third-order valence-corrected chi connectivity index (χ3v) is 5.25. The number of anilines is 2. The van der Waals surface area contributed by atoms with Crippen LogP contribution in [0.4, 0.5) is 11.4 Å². The molecule has 2 aromatic rings. The predicted octanol–water partition coefficient (Wildman–Crippen LogP) is 4.96. The zero-order valence-corrected chi connectivity index (χ0v) is 19.3. The molecule has 3 rings (SSSR count). The maximum Gasteiger partial charge on any atom is 0.255 e. The molecule has 2 aromatic carbocycles. The second-order valence-corrected chi connectivity index (χ2v) is 7.56. The number of hydrogen-bond donors (Lipinski definition) is 1. The Bertz CT molecular complexity index is 946. The minimum atomic E-state index is -0.297. The second-order valence-electron chi connectivity index (χ2n) is 7.56. The van der Waals surface area contributed by atoms with Gasteiger partial charge in [0.25, 0.3) is 5.91 Å². The summed E-state index contributed by atoms with van der Waals surface area (Å²) in [5.41, 5.74) is 2.86. The van der Waals surface area contributed by atoms with Crippen LogP contribution in [0.25, 0.3) is 0 Å². The van der Waals surface area contributed by atoms with Crippen molar-refractivity contribution >= 4 is 23.2 Å². The Hall–Kier alpha value is -3.22. The van der Waals surface area contributed by atoms with Crippen LogP contribution in [-0.4, -0.2) is 38.2 Å². The van der Waals surface area contributed by atoms with Crippen molar-refractivity contribution in [2.24, 2.45) is 0 Å². The molecule has 1 aliphatic heterocycles. The van der Waals surface area contributed by atoms with Crippen LogP contribution in [0, 0.1) is 6.92 Å². The monoisotopic (exact) mass is 440 g/mol. The van der Waals surface area contributed by atoms with E-state index in [1.807, 2.05) is 50.8 Å². The maximum atomic E-state index is 13.1. The number of rotatable bonds is 9. The predicted molar refractivity (Wildman–Crippen MR) is 125 cm³/mol. The normalized spacial score (nSPS) is 13.6. The summed E-state index contributed by atoms with van der Waals surface area (Å²) in [6.45, 7) is 9.62. The fraction of sp³-hybridized carbons (Fsp3) is 0.440. The Kier molecular flexibility index (Phi) is 7.98. The standard InChI is InChI=1S/C25H32N2O5/c1-5-30-21-14-18(15-22(31-6-2)24(21)32-7-3)25(29)26-19-12-11-17(4)20(16-19)27-13-9-8-10-23(27)28/h11-12,14-16H,5-10,13H2,1-4H3,(H,26,29). The zero-order chi connectivity index (χ0) is 23.1. The summed E-state index contributed by atoms with van der Waals surface area (Å²) in [7, 11) is 0. The molecule has 0 bridgehead atoms. The van der Waals surface area contributed by atoms with Gasteiger partial charge in [-0.1, -0.05) is 6.07 Å². The number of amides is 2. The van der Waals surface area contributed by atoms with Crippen molar-refractivity contribution in [3.63, 3.8) is 0 Å². The molecular formula is C25H32N2O5. The molecule has 1 heterocycles. The molecule has 0 saturated carbocycles. The number of piperidine rings is 1. The van der Waals surface area contributed by atoms with Crippen molar-refractivity contribution in [1.29, 1.82) is 0 Å². The Morgan fingerprint density at radius 1 is 0.969 bits per heavy atom. The highest BCUT2D eigenvalue weighted by atomic mass is 16.5. The molecule has 0 atom stereocenters. The van der Waals surface area contributed by atoms with E-state index in [1.165, 1.54) is 0 Å². The highest BCUT2D eigenvalue weighted by Gasteiger charge is 2.22. The van der Waals surface area contributed by atoms with E-state index in [-0.39, 0.29) is 11.8 Å². The Morgan fingerprint density at radius 3 is 2.22 bits per heavy atom. The first-order valence-corrected chi connectivity index (χ1v) is 11.3. The SMILES string of the molecule is CCOc1cc(C(=O)Nc2ccc(C)c(N3CCCCC3=O)c2)cc(OCC)c1OCC. The molecule has 2 amide bonds. The van der Waals surface area contributed by atoms with Crippen LogP contribution in [0.3, 0.4) is 0 Å². The van der Waals surface area contributed by atoms with Gasteiger partial charge in [-0.05, 0) is 70.4 Å². The topological polar surface area (TPSA) is 77.1 Å². The number of hydrogen-bond acceptors (Lipinski definition) is 5. The van der Waals surface area contributed by atoms with Gasteiger partial charge < -0.3 is 24.4 Å². The second kappa shape index (κ2) is 10.9. The van der Waals surface area contributed by atoms with Crippen molar-refractivity contribution in [2.75, 3.05) is 36.6 Å². The van der Waals surface area contributed by atoms with Crippen LogP contribution in [0.1, 0.15) is 56.0 Å². The molecule has 7 heteroatoms. The average Bonchev–Trinajstić information content (AvgIpc) is 2.78. The Labute approximate surface area is 189 Å². The molecule has 1 aliphatic rings. The highest BCUT2D eigenvalue weighted by molar-refractivity contribution is 6.05. The van der Waals surface area contributed by atoms with E-state index in [4.69, 9.17) is 14.2 Å². The summed E-state index contributed by atoms with van der Waals surface area (Å²) in [5, 5.41) is 2.94. The first kappa shape index (κ1) is 23.4. The van der Waals surface area contributed by atoms with Gasteiger partial charge >= 0.3 is 0 Å². The molecule has 1 fully saturated rings. The molecule has 0 aromatic heterocycles. The van der Waals surface area contributed by atoms with Gasteiger partial charge in [0.2, 0.25) is 11.7 Å². The van der Waals surface area contributed by atoms with Crippen molar-refractivity contribution in [1.82, 2.24) is 0 Å². The zero-order valence-electron chi connectivity index (χ0n) is 19.3. The minimum Gasteiger partial charge on any atom is -0.490 e. The minimum absolute atomic E-state index is 0.122. The van der Waals surface area contributed by atoms with Gasteiger partial charge in [-0.25, -0.2) is 0 Å². The first-order chi connectivity index (χ1) is 15.5. The van der Waals surface area contributed by atoms with Crippen molar-refractivity contribution in [3.05, 3.63) is 41.5 Å². The summed E-state index contributed by atoms with van der Waals surface area (Å²) in [4.78, 5) is 27.3. The van der Waals surface area contributed by atoms with Gasteiger partial charge in [0.15, 0.2) is 11.5 Å². The Balaban J connectivity index is 1.89. The molecule has 1 N–H and O–H groups in total. The molecule has 7 nitrogen and oxygen atoms in total. The molecule has 1 saturated heterocycles. The summed E-state index contributed by atoms with van der Waals surface area (Å²) in [6.07, 6.45) is 2.46. The van der Waals surface area contributed by atoms with Gasteiger partial charge in [0.05, 0.1) is 19.8 Å².